The zero-order valence-corrected chi connectivity index (χ0v) is 14.8. The van der Waals surface area contributed by atoms with Crippen molar-refractivity contribution in [3.63, 3.8) is 0 Å². The molecule has 2 heterocycles. The molecule has 1 aliphatic heterocycles. The van der Waals surface area contributed by atoms with Crippen molar-refractivity contribution in [3.8, 4) is 11.5 Å². The number of hydrogen-bond acceptors (Lipinski definition) is 5. The largest absolute Gasteiger partial charge is 0.486 e. The number of rotatable bonds is 5. The van der Waals surface area contributed by atoms with Gasteiger partial charge in [-0.15, -0.1) is 11.3 Å². The van der Waals surface area contributed by atoms with Gasteiger partial charge in [-0.1, -0.05) is 18.2 Å². The highest BCUT2D eigenvalue weighted by Gasteiger charge is 2.14. The SMILES string of the molecule is O=C(O)CC/C(=C/c1ccc2c(c1)OCCO2)c1nc2ccccc2s1. The smallest absolute Gasteiger partial charge is 0.303 e. The van der Waals surface area contributed by atoms with Crippen molar-refractivity contribution in [2.24, 2.45) is 0 Å². The number of aromatic nitrogens is 1. The first-order chi connectivity index (χ1) is 12.7. The molecule has 0 saturated carbocycles. The molecule has 0 aliphatic carbocycles. The first-order valence-electron chi connectivity index (χ1n) is 8.37. The third-order valence-corrected chi connectivity index (χ3v) is 5.20. The lowest BCUT2D eigenvalue weighted by Gasteiger charge is -2.18. The van der Waals surface area contributed by atoms with E-state index in [4.69, 9.17) is 14.6 Å². The average molecular weight is 367 g/mol. The number of para-hydroxylation sites is 1. The molecule has 0 spiro atoms. The Morgan fingerprint density at radius 2 is 1.92 bits per heavy atom. The predicted octanol–water partition coefficient (Wildman–Crippen LogP) is 4.47. The van der Waals surface area contributed by atoms with Crippen molar-refractivity contribution in [1.29, 1.82) is 0 Å². The lowest BCUT2D eigenvalue weighted by Crippen LogP contribution is -2.15. The number of carboxylic acids is 1. The lowest BCUT2D eigenvalue weighted by molar-refractivity contribution is -0.136. The second kappa shape index (κ2) is 7.17. The maximum Gasteiger partial charge on any atom is 0.303 e. The Bertz CT molecular complexity index is 959. The minimum Gasteiger partial charge on any atom is -0.486 e. The number of nitrogens with zero attached hydrogens (tertiary/aromatic N) is 1. The number of hydrogen-bond donors (Lipinski definition) is 1. The third-order valence-electron chi connectivity index (χ3n) is 4.08. The van der Waals surface area contributed by atoms with Crippen LogP contribution in [0.15, 0.2) is 42.5 Å². The van der Waals surface area contributed by atoms with Crippen molar-refractivity contribution >= 4 is 39.2 Å². The number of ether oxygens (including phenoxy) is 2. The minimum atomic E-state index is -0.820. The van der Waals surface area contributed by atoms with Crippen LogP contribution < -0.4 is 9.47 Å². The summed E-state index contributed by atoms with van der Waals surface area (Å²) in [4.78, 5) is 15.7. The molecule has 3 aromatic rings. The summed E-state index contributed by atoms with van der Waals surface area (Å²) in [6.07, 6.45) is 2.47. The molecule has 1 aromatic heterocycles. The van der Waals surface area contributed by atoms with E-state index in [1.807, 2.05) is 48.5 Å². The molecular formula is C20H17NO4S. The monoisotopic (exact) mass is 367 g/mol. The molecule has 6 heteroatoms. The normalized spacial score (nSPS) is 13.8. The summed E-state index contributed by atoms with van der Waals surface area (Å²) in [5, 5.41) is 9.94. The van der Waals surface area contributed by atoms with E-state index >= 15 is 0 Å². The Hall–Kier alpha value is -2.86. The molecule has 0 fully saturated rings. The zero-order valence-electron chi connectivity index (χ0n) is 14.0. The van der Waals surface area contributed by atoms with Gasteiger partial charge < -0.3 is 14.6 Å². The Balaban J connectivity index is 1.72. The van der Waals surface area contributed by atoms with E-state index in [-0.39, 0.29) is 6.42 Å². The van der Waals surface area contributed by atoms with Gasteiger partial charge in [0.15, 0.2) is 11.5 Å². The second-order valence-electron chi connectivity index (χ2n) is 5.95. The summed E-state index contributed by atoms with van der Waals surface area (Å²) < 4.78 is 12.3. The maximum absolute atomic E-state index is 11.1. The van der Waals surface area contributed by atoms with Gasteiger partial charge in [0.25, 0.3) is 0 Å². The van der Waals surface area contributed by atoms with Gasteiger partial charge in [-0.25, -0.2) is 4.98 Å². The lowest BCUT2D eigenvalue weighted by atomic mass is 10.1. The summed E-state index contributed by atoms with van der Waals surface area (Å²) in [6, 6.07) is 13.7. The molecule has 0 radical (unpaired) electrons. The molecule has 1 aliphatic rings. The van der Waals surface area contributed by atoms with Gasteiger partial charge in [0, 0.05) is 6.42 Å². The number of carbonyl (C=O) groups is 1. The van der Waals surface area contributed by atoms with E-state index in [0.29, 0.717) is 25.4 Å². The van der Waals surface area contributed by atoms with Crippen LogP contribution in [-0.2, 0) is 4.79 Å². The fourth-order valence-electron chi connectivity index (χ4n) is 2.84. The Morgan fingerprint density at radius 1 is 1.12 bits per heavy atom. The molecule has 26 heavy (non-hydrogen) atoms. The minimum absolute atomic E-state index is 0.0618. The van der Waals surface area contributed by atoms with Gasteiger partial charge in [0.2, 0.25) is 0 Å². The molecule has 5 nitrogen and oxygen atoms in total. The van der Waals surface area contributed by atoms with E-state index < -0.39 is 5.97 Å². The van der Waals surface area contributed by atoms with E-state index in [1.54, 1.807) is 11.3 Å². The van der Waals surface area contributed by atoms with Crippen molar-refractivity contribution < 1.29 is 19.4 Å². The Labute approximate surface area is 154 Å². The summed E-state index contributed by atoms with van der Waals surface area (Å²) >= 11 is 1.58. The molecule has 132 valence electrons. The highest BCUT2D eigenvalue weighted by Crippen LogP contribution is 2.34. The van der Waals surface area contributed by atoms with Crippen LogP contribution in [0.5, 0.6) is 11.5 Å². The van der Waals surface area contributed by atoms with Crippen molar-refractivity contribution in [1.82, 2.24) is 4.98 Å². The van der Waals surface area contributed by atoms with E-state index in [1.165, 1.54) is 0 Å². The fraction of sp³-hybridized carbons (Fsp3) is 0.200. The maximum atomic E-state index is 11.1. The van der Waals surface area contributed by atoms with Crippen LogP contribution in [0.4, 0.5) is 0 Å². The van der Waals surface area contributed by atoms with E-state index in [2.05, 4.69) is 4.98 Å². The summed E-state index contributed by atoms with van der Waals surface area (Å²) in [7, 11) is 0. The van der Waals surface area contributed by atoms with Gasteiger partial charge >= 0.3 is 5.97 Å². The zero-order chi connectivity index (χ0) is 17.9. The highest BCUT2D eigenvalue weighted by molar-refractivity contribution is 7.19. The van der Waals surface area contributed by atoms with Crippen LogP contribution in [-0.4, -0.2) is 29.3 Å². The highest BCUT2D eigenvalue weighted by atomic mass is 32.1. The van der Waals surface area contributed by atoms with Crippen LogP contribution in [0.1, 0.15) is 23.4 Å². The molecule has 0 atom stereocenters. The number of carboxylic acid groups (broad SMARTS) is 1. The van der Waals surface area contributed by atoms with Gasteiger partial charge in [0.1, 0.15) is 18.2 Å². The molecule has 0 amide bonds. The van der Waals surface area contributed by atoms with Crippen LogP contribution in [0.3, 0.4) is 0 Å². The standard InChI is InChI=1S/C20H17NO4S/c22-19(23)8-6-14(20-21-15-3-1-2-4-18(15)26-20)11-13-5-7-16-17(12-13)25-10-9-24-16/h1-5,7,11-12H,6,8-10H2,(H,22,23)/b14-11-. The molecule has 0 saturated heterocycles. The first kappa shape index (κ1) is 16.6. The first-order valence-corrected chi connectivity index (χ1v) is 9.19. The predicted molar refractivity (Wildman–Crippen MR) is 102 cm³/mol. The van der Waals surface area contributed by atoms with Gasteiger partial charge in [0.05, 0.1) is 10.2 Å². The molecule has 0 bridgehead atoms. The quantitative estimate of drug-likeness (QED) is 0.720. The number of benzene rings is 2. The molecule has 0 unspecified atom stereocenters. The number of aliphatic carboxylic acids is 1. The van der Waals surface area contributed by atoms with Gasteiger partial charge in [-0.3, -0.25) is 4.79 Å². The van der Waals surface area contributed by atoms with E-state index in [0.717, 1.165) is 32.1 Å². The van der Waals surface area contributed by atoms with Crippen LogP contribution in [0.2, 0.25) is 0 Å². The van der Waals surface area contributed by atoms with E-state index in [9.17, 15) is 4.79 Å². The van der Waals surface area contributed by atoms with Crippen molar-refractivity contribution in [2.75, 3.05) is 13.2 Å². The summed E-state index contributed by atoms with van der Waals surface area (Å²) in [5.41, 5.74) is 2.77. The van der Waals surface area contributed by atoms with Crippen LogP contribution in [0.25, 0.3) is 21.9 Å². The molecular weight excluding hydrogens is 350 g/mol. The van der Waals surface area contributed by atoms with Crippen LogP contribution in [0, 0.1) is 0 Å². The molecule has 2 aromatic carbocycles. The number of thiazole rings is 1. The number of fused-ring (bicyclic) bond motifs is 2. The fourth-order valence-corrected chi connectivity index (χ4v) is 3.85. The van der Waals surface area contributed by atoms with Gasteiger partial charge in [-0.2, -0.15) is 0 Å². The van der Waals surface area contributed by atoms with Crippen LogP contribution >= 0.6 is 11.3 Å². The van der Waals surface area contributed by atoms with Crippen molar-refractivity contribution in [2.45, 2.75) is 12.8 Å². The topological polar surface area (TPSA) is 68.7 Å². The molecule has 4 rings (SSSR count). The average Bonchev–Trinajstić information content (AvgIpc) is 3.09. The summed E-state index contributed by atoms with van der Waals surface area (Å²) in [6.45, 7) is 1.08. The number of allylic oxidation sites excluding steroid dienone is 1. The summed E-state index contributed by atoms with van der Waals surface area (Å²) in [5.74, 6) is 0.631. The van der Waals surface area contributed by atoms with Crippen molar-refractivity contribution in [3.05, 3.63) is 53.0 Å². The molecule has 1 N–H and O–H groups in total. The Morgan fingerprint density at radius 3 is 2.73 bits per heavy atom. The third kappa shape index (κ3) is 3.55. The second-order valence-corrected chi connectivity index (χ2v) is 6.98. The van der Waals surface area contributed by atoms with Gasteiger partial charge in [-0.05, 0) is 47.9 Å². The Kier molecular flexibility index (Phi) is 4.58.